The monoisotopic (exact) mass is 161 g/mol. The molecule has 1 radical (unpaired) electrons. The number of thioether (sulfide) groups is 1. The number of hydrogen-bond acceptors (Lipinski definition) is 1. The standard InChI is InChI=1S/C8H17OS/c1-4-8(5-2)6-10-7(3)9/h7-8H,4-6H2,1-3H3. The van der Waals surface area contributed by atoms with Crippen LogP contribution in [0.15, 0.2) is 0 Å². The summed E-state index contributed by atoms with van der Waals surface area (Å²) in [4.78, 5) is 0. The lowest BCUT2D eigenvalue weighted by atomic mass is 10.1. The van der Waals surface area contributed by atoms with Crippen molar-refractivity contribution in [3.63, 3.8) is 0 Å². The smallest absolute Gasteiger partial charge is 0.136 e. The molecule has 1 unspecified atom stereocenters. The number of rotatable bonds is 5. The molecule has 0 spiro atoms. The zero-order valence-corrected chi connectivity index (χ0v) is 7.91. The van der Waals surface area contributed by atoms with Crippen molar-refractivity contribution in [3.05, 3.63) is 0 Å². The Kier molecular flexibility index (Phi) is 6.24. The average Bonchev–Trinajstić information content (AvgIpc) is 1.90. The molecule has 0 heterocycles. The molecule has 61 valence electrons. The molecule has 10 heavy (non-hydrogen) atoms. The summed E-state index contributed by atoms with van der Waals surface area (Å²) < 4.78 is 0. The van der Waals surface area contributed by atoms with Gasteiger partial charge >= 0.3 is 0 Å². The second kappa shape index (κ2) is 6.05. The van der Waals surface area contributed by atoms with Crippen molar-refractivity contribution < 1.29 is 5.11 Å². The molecule has 0 aromatic heterocycles. The van der Waals surface area contributed by atoms with Gasteiger partial charge in [-0.15, -0.1) is 11.8 Å². The maximum atomic E-state index is 10.6. The first-order chi connectivity index (χ1) is 4.70. The molecule has 0 fully saturated rings. The van der Waals surface area contributed by atoms with Crippen molar-refractivity contribution in [1.29, 1.82) is 0 Å². The molecule has 0 amide bonds. The van der Waals surface area contributed by atoms with Crippen molar-refractivity contribution in [2.24, 2.45) is 5.92 Å². The summed E-state index contributed by atoms with van der Waals surface area (Å²) >= 11 is 1.53. The highest BCUT2D eigenvalue weighted by Crippen LogP contribution is 2.17. The van der Waals surface area contributed by atoms with Crippen LogP contribution in [0.25, 0.3) is 0 Å². The van der Waals surface area contributed by atoms with Crippen molar-refractivity contribution in [2.45, 2.75) is 39.0 Å². The normalized spacial score (nSPS) is 14.1. The van der Waals surface area contributed by atoms with Gasteiger partial charge in [-0.1, -0.05) is 26.7 Å². The van der Waals surface area contributed by atoms with Crippen molar-refractivity contribution in [3.8, 4) is 0 Å². The van der Waals surface area contributed by atoms with Crippen LogP contribution >= 0.6 is 11.8 Å². The molecule has 0 bridgehead atoms. The molecule has 0 N–H and O–H groups in total. The van der Waals surface area contributed by atoms with Gasteiger partial charge in [0, 0.05) is 0 Å². The van der Waals surface area contributed by atoms with E-state index in [2.05, 4.69) is 13.8 Å². The largest absolute Gasteiger partial charge is 0.222 e. The van der Waals surface area contributed by atoms with Crippen molar-refractivity contribution in [2.75, 3.05) is 5.75 Å². The summed E-state index contributed by atoms with van der Waals surface area (Å²) in [6, 6.07) is 0. The molecule has 0 aliphatic rings. The lowest BCUT2D eigenvalue weighted by Crippen LogP contribution is -2.03. The van der Waals surface area contributed by atoms with E-state index < -0.39 is 5.44 Å². The SMILES string of the molecule is CCC(CC)CSC(C)[O]. The molecule has 0 aliphatic heterocycles. The van der Waals surface area contributed by atoms with E-state index in [1.54, 1.807) is 6.92 Å². The van der Waals surface area contributed by atoms with Gasteiger partial charge in [0.15, 0.2) is 0 Å². The third kappa shape index (κ3) is 5.12. The molecule has 0 rings (SSSR count). The Balaban J connectivity index is 3.26. The Morgan fingerprint density at radius 3 is 2.10 bits per heavy atom. The average molecular weight is 161 g/mol. The van der Waals surface area contributed by atoms with Gasteiger partial charge in [0.1, 0.15) is 5.44 Å². The molecular formula is C8H17OS. The Labute approximate surface area is 68.2 Å². The minimum atomic E-state index is -0.444. The Morgan fingerprint density at radius 2 is 1.80 bits per heavy atom. The van der Waals surface area contributed by atoms with E-state index in [9.17, 15) is 5.11 Å². The first-order valence-electron chi connectivity index (χ1n) is 3.98. The molecule has 2 heteroatoms. The lowest BCUT2D eigenvalue weighted by molar-refractivity contribution is 0.180. The van der Waals surface area contributed by atoms with Crippen molar-refractivity contribution >= 4 is 11.8 Å². The van der Waals surface area contributed by atoms with E-state index >= 15 is 0 Å². The fourth-order valence-corrected chi connectivity index (χ4v) is 1.81. The Hall–Kier alpha value is 0.310. The van der Waals surface area contributed by atoms with Gasteiger partial charge < -0.3 is 0 Å². The minimum Gasteiger partial charge on any atom is -0.222 e. The van der Waals surface area contributed by atoms with Crippen LogP contribution in [0.3, 0.4) is 0 Å². The predicted octanol–water partition coefficient (Wildman–Crippen LogP) is 2.93. The summed E-state index contributed by atoms with van der Waals surface area (Å²) in [7, 11) is 0. The quantitative estimate of drug-likeness (QED) is 0.568. The second-order valence-electron chi connectivity index (χ2n) is 2.58. The Morgan fingerprint density at radius 1 is 1.30 bits per heavy atom. The minimum absolute atomic E-state index is 0.444. The maximum absolute atomic E-state index is 10.6. The van der Waals surface area contributed by atoms with E-state index in [4.69, 9.17) is 0 Å². The molecular weight excluding hydrogens is 144 g/mol. The van der Waals surface area contributed by atoms with E-state index in [1.807, 2.05) is 0 Å². The van der Waals surface area contributed by atoms with Gasteiger partial charge in [-0.2, -0.15) is 0 Å². The van der Waals surface area contributed by atoms with Crippen LogP contribution < -0.4 is 0 Å². The molecule has 0 saturated carbocycles. The van der Waals surface area contributed by atoms with Crippen LogP contribution in [0.1, 0.15) is 33.6 Å². The molecule has 0 aliphatic carbocycles. The van der Waals surface area contributed by atoms with Crippen LogP contribution in [0.5, 0.6) is 0 Å². The van der Waals surface area contributed by atoms with Crippen LogP contribution in [0.4, 0.5) is 0 Å². The van der Waals surface area contributed by atoms with Crippen LogP contribution in [-0.4, -0.2) is 11.2 Å². The van der Waals surface area contributed by atoms with Crippen LogP contribution in [0.2, 0.25) is 0 Å². The van der Waals surface area contributed by atoms with E-state index in [-0.39, 0.29) is 0 Å². The molecule has 0 aromatic rings. The molecule has 1 atom stereocenters. The van der Waals surface area contributed by atoms with Gasteiger partial charge in [0.05, 0.1) is 0 Å². The first-order valence-corrected chi connectivity index (χ1v) is 5.03. The highest BCUT2D eigenvalue weighted by molar-refractivity contribution is 7.99. The van der Waals surface area contributed by atoms with Gasteiger partial charge in [-0.3, -0.25) is 0 Å². The third-order valence-electron chi connectivity index (χ3n) is 1.72. The Bertz CT molecular complexity index is 69.7. The zero-order chi connectivity index (χ0) is 7.98. The highest BCUT2D eigenvalue weighted by atomic mass is 32.2. The lowest BCUT2D eigenvalue weighted by Gasteiger charge is -2.11. The predicted molar refractivity (Wildman–Crippen MR) is 46.7 cm³/mol. The summed E-state index contributed by atoms with van der Waals surface area (Å²) in [6.45, 7) is 6.08. The van der Waals surface area contributed by atoms with Gasteiger partial charge in [-0.05, 0) is 18.6 Å². The fraction of sp³-hybridized carbons (Fsp3) is 1.00. The van der Waals surface area contributed by atoms with Crippen molar-refractivity contribution in [1.82, 2.24) is 0 Å². The summed E-state index contributed by atoms with van der Waals surface area (Å²) in [5.41, 5.74) is -0.444. The third-order valence-corrected chi connectivity index (χ3v) is 2.85. The summed E-state index contributed by atoms with van der Waals surface area (Å²) in [5.74, 6) is 1.79. The second-order valence-corrected chi connectivity index (χ2v) is 3.91. The molecule has 0 aromatic carbocycles. The van der Waals surface area contributed by atoms with Gasteiger partial charge in [-0.25, -0.2) is 5.11 Å². The van der Waals surface area contributed by atoms with Gasteiger partial charge in [0.25, 0.3) is 0 Å². The molecule has 0 saturated heterocycles. The zero-order valence-electron chi connectivity index (χ0n) is 7.09. The molecule has 1 nitrogen and oxygen atoms in total. The topological polar surface area (TPSA) is 19.9 Å². The number of hydrogen-bond donors (Lipinski definition) is 0. The maximum Gasteiger partial charge on any atom is 0.136 e. The summed E-state index contributed by atoms with van der Waals surface area (Å²) in [5, 5.41) is 10.6. The van der Waals surface area contributed by atoms with E-state index in [0.29, 0.717) is 0 Å². The van der Waals surface area contributed by atoms with E-state index in [0.717, 1.165) is 11.7 Å². The van der Waals surface area contributed by atoms with Crippen LogP contribution in [-0.2, 0) is 5.11 Å². The fourth-order valence-electron chi connectivity index (χ4n) is 0.796. The van der Waals surface area contributed by atoms with Crippen LogP contribution in [0, 0.1) is 5.92 Å². The highest BCUT2D eigenvalue weighted by Gasteiger charge is 2.05. The summed E-state index contributed by atoms with van der Waals surface area (Å²) in [6.07, 6.45) is 2.41. The van der Waals surface area contributed by atoms with E-state index in [1.165, 1.54) is 24.6 Å². The van der Waals surface area contributed by atoms with Gasteiger partial charge in [0.2, 0.25) is 0 Å². The first kappa shape index (κ1) is 10.3.